The average molecular weight is 457 g/mol. The van der Waals surface area contributed by atoms with Gasteiger partial charge in [-0.05, 0) is 54.5 Å². The maximum atomic E-state index is 12.7. The van der Waals surface area contributed by atoms with E-state index in [2.05, 4.69) is 42.7 Å². The number of carbonyl (C=O) groups is 1. The fourth-order valence-electron chi connectivity index (χ4n) is 3.88. The first-order chi connectivity index (χ1) is 14.9. The van der Waals surface area contributed by atoms with Crippen LogP contribution in [-0.4, -0.2) is 24.0 Å². The van der Waals surface area contributed by atoms with E-state index in [1.807, 2.05) is 37.6 Å². The highest BCUT2D eigenvalue weighted by Crippen LogP contribution is 2.33. The zero-order chi connectivity index (χ0) is 23.8. The van der Waals surface area contributed by atoms with E-state index < -0.39 is 16.1 Å². The van der Waals surface area contributed by atoms with E-state index in [4.69, 9.17) is 0 Å². The van der Waals surface area contributed by atoms with Gasteiger partial charge in [0, 0.05) is 12.7 Å². The Hall–Kier alpha value is -2.87. The summed E-state index contributed by atoms with van der Waals surface area (Å²) in [6.45, 7) is 12.1. The normalized spacial score (nSPS) is 12.0. The molecule has 2 N–H and O–H groups in total. The number of anilines is 1. The lowest BCUT2D eigenvalue weighted by Crippen LogP contribution is -2.35. The van der Waals surface area contributed by atoms with Gasteiger partial charge in [-0.25, -0.2) is 22.9 Å². The van der Waals surface area contributed by atoms with Gasteiger partial charge >= 0.3 is 6.03 Å². The first kappa shape index (κ1) is 23.8. The van der Waals surface area contributed by atoms with Gasteiger partial charge in [0.25, 0.3) is 0 Å². The number of hydrogen-bond acceptors (Lipinski definition) is 4. The lowest BCUT2D eigenvalue weighted by atomic mass is 9.90. The molecule has 32 heavy (non-hydrogen) atoms. The molecule has 3 rings (SSSR count). The third-order valence-corrected chi connectivity index (χ3v) is 6.81. The van der Waals surface area contributed by atoms with Crippen LogP contribution in [0.25, 0.3) is 11.0 Å². The third-order valence-electron chi connectivity index (χ3n) is 5.60. The van der Waals surface area contributed by atoms with Gasteiger partial charge in [-0.15, -0.1) is 0 Å². The van der Waals surface area contributed by atoms with Gasteiger partial charge in [0.05, 0.1) is 16.8 Å². The minimum absolute atomic E-state index is 0.174. The van der Waals surface area contributed by atoms with Crippen LogP contribution in [0.5, 0.6) is 0 Å². The molecular formula is C24H32N4O3S. The van der Waals surface area contributed by atoms with Crippen molar-refractivity contribution >= 4 is 32.8 Å². The van der Waals surface area contributed by atoms with Crippen molar-refractivity contribution in [1.82, 2.24) is 14.3 Å². The second kappa shape index (κ2) is 8.94. The van der Waals surface area contributed by atoms with Crippen molar-refractivity contribution in [2.75, 3.05) is 5.32 Å². The van der Waals surface area contributed by atoms with Gasteiger partial charge in [-0.2, -0.15) is 0 Å². The summed E-state index contributed by atoms with van der Waals surface area (Å²) in [5, 5.41) is 2.81. The largest absolute Gasteiger partial charge is 0.332 e. The number of sulfonamides is 1. The molecule has 172 valence electrons. The average Bonchev–Trinajstić information content (AvgIpc) is 2.95. The second-order valence-corrected chi connectivity index (χ2v) is 10.7. The fourth-order valence-corrected chi connectivity index (χ4v) is 4.90. The Balaban J connectivity index is 1.82. The number of nitrogens with one attached hydrogen (secondary N) is 2. The molecule has 8 heteroatoms. The van der Waals surface area contributed by atoms with Crippen molar-refractivity contribution in [3.8, 4) is 0 Å². The minimum atomic E-state index is -3.89. The molecule has 0 radical (unpaired) electrons. The number of aromatic nitrogens is 2. The quantitative estimate of drug-likeness (QED) is 0.540. The van der Waals surface area contributed by atoms with Crippen LogP contribution < -0.4 is 10.0 Å². The predicted molar refractivity (Wildman–Crippen MR) is 130 cm³/mol. The van der Waals surface area contributed by atoms with E-state index in [0.29, 0.717) is 11.3 Å². The number of nitrogens with zero attached hydrogens (tertiary/aromatic N) is 2. The number of carbonyl (C=O) groups excluding carboxylic acids is 1. The zero-order valence-corrected chi connectivity index (χ0v) is 20.6. The molecular weight excluding hydrogens is 424 g/mol. The van der Waals surface area contributed by atoms with Crippen LogP contribution in [0, 0.1) is 13.8 Å². The highest BCUT2D eigenvalue weighted by molar-refractivity contribution is 7.89. The number of fused-ring (bicyclic) bond motifs is 1. The molecule has 2 amide bonds. The van der Waals surface area contributed by atoms with Crippen molar-refractivity contribution < 1.29 is 13.2 Å². The van der Waals surface area contributed by atoms with Crippen LogP contribution in [0.1, 0.15) is 67.6 Å². The van der Waals surface area contributed by atoms with Gasteiger partial charge in [0.15, 0.2) is 0 Å². The van der Waals surface area contributed by atoms with E-state index in [9.17, 15) is 13.2 Å². The molecule has 7 nitrogen and oxygen atoms in total. The van der Waals surface area contributed by atoms with Crippen LogP contribution in [0.2, 0.25) is 0 Å². The second-order valence-electron chi connectivity index (χ2n) is 8.98. The molecule has 0 saturated carbocycles. The van der Waals surface area contributed by atoms with Gasteiger partial charge in [-0.3, -0.25) is 0 Å². The SMILES string of the molecule is Cc1cc(C(C)C)c(NC(=O)NS(=O)(=O)Cc2ccc3nc(C)n(C)c3c2)c(C(C)C)c1. The first-order valence-corrected chi connectivity index (χ1v) is 12.4. The summed E-state index contributed by atoms with van der Waals surface area (Å²) in [5.74, 6) is 0.891. The number of urea groups is 1. The Morgan fingerprint density at radius 2 is 1.62 bits per heavy atom. The molecule has 0 aliphatic carbocycles. The van der Waals surface area contributed by atoms with Crippen molar-refractivity contribution in [2.45, 2.75) is 59.1 Å². The Kier molecular flexibility index (Phi) is 6.64. The van der Waals surface area contributed by atoms with Gasteiger partial charge in [-0.1, -0.05) is 51.5 Å². The van der Waals surface area contributed by atoms with Crippen molar-refractivity contribution in [2.24, 2.45) is 7.05 Å². The number of rotatable bonds is 6. The number of imidazole rings is 1. The van der Waals surface area contributed by atoms with E-state index in [0.717, 1.165) is 33.5 Å². The first-order valence-electron chi connectivity index (χ1n) is 10.8. The summed E-state index contributed by atoms with van der Waals surface area (Å²) in [6.07, 6.45) is 0. The molecule has 0 aliphatic heterocycles. The molecule has 0 unspecified atom stereocenters. The van der Waals surface area contributed by atoms with Crippen LogP contribution >= 0.6 is 0 Å². The van der Waals surface area contributed by atoms with E-state index in [-0.39, 0.29) is 17.6 Å². The molecule has 2 aromatic carbocycles. The number of amides is 2. The smallest absolute Gasteiger partial charge is 0.331 e. The highest BCUT2D eigenvalue weighted by atomic mass is 32.2. The van der Waals surface area contributed by atoms with Crippen LogP contribution in [0.3, 0.4) is 0 Å². The maximum absolute atomic E-state index is 12.7. The number of benzene rings is 2. The fraction of sp³-hybridized carbons (Fsp3) is 0.417. The number of hydrogen-bond donors (Lipinski definition) is 2. The predicted octanol–water partition coefficient (Wildman–Crippen LogP) is 5.09. The van der Waals surface area contributed by atoms with E-state index in [1.54, 1.807) is 18.2 Å². The molecule has 0 atom stereocenters. The Bertz CT molecular complexity index is 1240. The Morgan fingerprint density at radius 1 is 1.03 bits per heavy atom. The maximum Gasteiger partial charge on any atom is 0.332 e. The lowest BCUT2D eigenvalue weighted by molar-refractivity contribution is 0.256. The molecule has 0 fully saturated rings. The summed E-state index contributed by atoms with van der Waals surface area (Å²) < 4.78 is 29.5. The van der Waals surface area contributed by atoms with Gasteiger partial charge in [0.2, 0.25) is 10.0 Å². The lowest BCUT2D eigenvalue weighted by Gasteiger charge is -2.21. The third kappa shape index (κ3) is 5.12. The van der Waals surface area contributed by atoms with Crippen LogP contribution in [-0.2, 0) is 22.8 Å². The molecule has 0 saturated heterocycles. The zero-order valence-electron chi connectivity index (χ0n) is 19.8. The van der Waals surface area contributed by atoms with Crippen molar-refractivity contribution in [1.29, 1.82) is 0 Å². The molecule has 0 bridgehead atoms. The van der Waals surface area contributed by atoms with Crippen LogP contribution in [0.15, 0.2) is 30.3 Å². The molecule has 1 heterocycles. The Labute approximate surface area is 190 Å². The summed E-state index contributed by atoms with van der Waals surface area (Å²) in [6, 6.07) is 8.62. The van der Waals surface area contributed by atoms with Crippen molar-refractivity contribution in [3.63, 3.8) is 0 Å². The number of aryl methyl sites for hydroxylation is 3. The topological polar surface area (TPSA) is 93.1 Å². The molecule has 1 aromatic heterocycles. The van der Waals surface area contributed by atoms with Crippen molar-refractivity contribution in [3.05, 3.63) is 58.4 Å². The van der Waals surface area contributed by atoms with Gasteiger partial charge < -0.3 is 9.88 Å². The molecule has 0 aliphatic rings. The monoisotopic (exact) mass is 456 g/mol. The van der Waals surface area contributed by atoms with Crippen LogP contribution in [0.4, 0.5) is 10.5 Å². The standard InChI is InChI=1S/C24H32N4O3S/c1-14(2)19-10-16(5)11-20(15(3)4)23(19)26-24(29)27-32(30,31)13-18-8-9-21-22(12-18)28(7)17(6)25-21/h8-12,14-15H,13H2,1-7H3,(H2,26,27,29). The summed E-state index contributed by atoms with van der Waals surface area (Å²) >= 11 is 0. The molecule has 0 spiro atoms. The van der Waals surface area contributed by atoms with Gasteiger partial charge in [0.1, 0.15) is 5.82 Å². The molecule has 3 aromatic rings. The summed E-state index contributed by atoms with van der Waals surface area (Å²) in [7, 11) is -2.01. The summed E-state index contributed by atoms with van der Waals surface area (Å²) in [5.41, 5.74) is 6.00. The van der Waals surface area contributed by atoms with E-state index >= 15 is 0 Å². The highest BCUT2D eigenvalue weighted by Gasteiger charge is 2.21. The Morgan fingerprint density at radius 3 is 2.19 bits per heavy atom. The van der Waals surface area contributed by atoms with E-state index in [1.165, 1.54) is 0 Å². The summed E-state index contributed by atoms with van der Waals surface area (Å²) in [4.78, 5) is 17.1. The minimum Gasteiger partial charge on any atom is -0.331 e.